The fourth-order valence-corrected chi connectivity index (χ4v) is 4.69. The highest BCUT2D eigenvalue weighted by atomic mass is 16.2. The largest absolute Gasteiger partial charge is 0.332 e. The Bertz CT molecular complexity index is 1250. The Morgan fingerprint density at radius 1 is 1.03 bits per heavy atom. The predicted octanol–water partition coefficient (Wildman–Crippen LogP) is 4.27. The molecule has 0 N–H and O–H groups in total. The lowest BCUT2D eigenvalue weighted by Crippen LogP contribution is -2.40. The summed E-state index contributed by atoms with van der Waals surface area (Å²) in [6.07, 6.45) is 5.37. The molecule has 3 aromatic rings. The molecule has 4 rings (SSSR count). The smallest absolute Gasteiger partial charge is 0.312 e. The third-order valence-corrected chi connectivity index (χ3v) is 6.73. The van der Waals surface area contributed by atoms with Gasteiger partial charge in [0.2, 0.25) is 5.95 Å². The Kier molecular flexibility index (Phi) is 6.26. The van der Waals surface area contributed by atoms with Crippen LogP contribution in [-0.4, -0.2) is 25.2 Å². The summed E-state index contributed by atoms with van der Waals surface area (Å²) in [5, 5.41) is 0. The van der Waals surface area contributed by atoms with Gasteiger partial charge in [0, 0.05) is 32.4 Å². The first-order valence-corrected chi connectivity index (χ1v) is 11.9. The average Bonchev–Trinajstić information content (AvgIpc) is 3.15. The van der Waals surface area contributed by atoms with Gasteiger partial charge in [-0.3, -0.25) is 13.9 Å². The number of fused-ring (bicyclic) bond motifs is 3. The summed E-state index contributed by atoms with van der Waals surface area (Å²) in [4.78, 5) is 33.5. The minimum absolute atomic E-state index is 0.216. The molecule has 0 amide bonds. The maximum Gasteiger partial charge on any atom is 0.332 e. The number of benzene rings is 1. The molecule has 0 aliphatic carbocycles. The summed E-state index contributed by atoms with van der Waals surface area (Å²) < 4.78 is 4.97. The molecule has 2 aromatic heterocycles. The molecule has 1 atom stereocenters. The Morgan fingerprint density at radius 2 is 1.78 bits per heavy atom. The number of rotatable bonds is 7. The van der Waals surface area contributed by atoms with Crippen LogP contribution in [0.3, 0.4) is 0 Å². The number of aromatic nitrogens is 4. The van der Waals surface area contributed by atoms with Crippen molar-refractivity contribution in [2.75, 3.05) is 11.4 Å². The first-order valence-electron chi connectivity index (χ1n) is 11.9. The molecule has 0 saturated carbocycles. The number of hydrogen-bond acceptors (Lipinski definition) is 4. The first-order chi connectivity index (χ1) is 15.3. The summed E-state index contributed by atoms with van der Waals surface area (Å²) >= 11 is 0. The van der Waals surface area contributed by atoms with Crippen LogP contribution in [0.25, 0.3) is 11.2 Å². The van der Waals surface area contributed by atoms with Gasteiger partial charge in [0.15, 0.2) is 11.2 Å². The maximum absolute atomic E-state index is 13.5. The highest BCUT2D eigenvalue weighted by Gasteiger charge is 2.29. The summed E-state index contributed by atoms with van der Waals surface area (Å²) in [5.41, 5.74) is 4.05. The van der Waals surface area contributed by atoms with Crippen molar-refractivity contribution in [1.82, 2.24) is 18.7 Å². The van der Waals surface area contributed by atoms with Crippen LogP contribution in [0.2, 0.25) is 0 Å². The molecule has 0 saturated heterocycles. The molecule has 3 heterocycles. The lowest BCUT2D eigenvalue weighted by Gasteiger charge is -2.33. The second-order valence-electron chi connectivity index (χ2n) is 9.39. The zero-order valence-electron chi connectivity index (χ0n) is 20.0. The highest BCUT2D eigenvalue weighted by molar-refractivity contribution is 5.77. The second-order valence-corrected chi connectivity index (χ2v) is 9.39. The zero-order valence-corrected chi connectivity index (χ0v) is 20.0. The normalized spacial score (nSPS) is 16.0. The highest BCUT2D eigenvalue weighted by Crippen LogP contribution is 2.33. The van der Waals surface area contributed by atoms with Crippen molar-refractivity contribution in [2.24, 2.45) is 13.0 Å². The van der Waals surface area contributed by atoms with E-state index in [1.54, 1.807) is 7.05 Å². The Balaban J connectivity index is 1.81. The van der Waals surface area contributed by atoms with Crippen molar-refractivity contribution in [3.63, 3.8) is 0 Å². The third-order valence-electron chi connectivity index (χ3n) is 6.73. The fourth-order valence-electron chi connectivity index (χ4n) is 4.69. The molecule has 0 spiro atoms. The molecule has 0 radical (unpaired) electrons. The molecule has 1 aliphatic heterocycles. The van der Waals surface area contributed by atoms with E-state index in [2.05, 4.69) is 50.8 Å². The van der Waals surface area contributed by atoms with Crippen LogP contribution in [0, 0.1) is 19.8 Å². The van der Waals surface area contributed by atoms with E-state index < -0.39 is 0 Å². The molecule has 0 bridgehead atoms. The summed E-state index contributed by atoms with van der Waals surface area (Å²) in [6.45, 7) is 10.6. The van der Waals surface area contributed by atoms with E-state index in [0.717, 1.165) is 44.0 Å². The minimum atomic E-state index is -0.279. The summed E-state index contributed by atoms with van der Waals surface area (Å²) in [5.74, 6) is 1.09. The Morgan fingerprint density at radius 3 is 2.50 bits per heavy atom. The predicted molar refractivity (Wildman–Crippen MR) is 130 cm³/mol. The second kappa shape index (κ2) is 8.96. The van der Waals surface area contributed by atoms with E-state index in [1.165, 1.54) is 33.1 Å². The van der Waals surface area contributed by atoms with Gasteiger partial charge in [-0.15, -0.1) is 0 Å². The number of anilines is 2. The van der Waals surface area contributed by atoms with Crippen LogP contribution < -0.4 is 16.1 Å². The van der Waals surface area contributed by atoms with Crippen molar-refractivity contribution in [1.29, 1.82) is 0 Å². The van der Waals surface area contributed by atoms with Crippen molar-refractivity contribution in [3.8, 4) is 0 Å². The quantitative estimate of drug-likeness (QED) is 0.518. The molecule has 0 unspecified atom stereocenters. The standard InChI is InChI=1S/C25H35N5O2/c1-6-7-8-9-10-13-28-23(31)21-22(27(5)25(28)32)26-24-29(15-17(2)16-30(21)24)20-12-11-18(3)19(4)14-20/h11-12,14,17H,6-10,13,15-16H2,1-5H3/t17-/m1/s1. The van der Waals surface area contributed by atoms with Crippen molar-refractivity contribution in [3.05, 3.63) is 50.2 Å². The van der Waals surface area contributed by atoms with Gasteiger partial charge >= 0.3 is 5.69 Å². The molecule has 32 heavy (non-hydrogen) atoms. The van der Waals surface area contributed by atoms with Gasteiger partial charge in [-0.2, -0.15) is 4.98 Å². The van der Waals surface area contributed by atoms with Gasteiger partial charge < -0.3 is 9.47 Å². The van der Waals surface area contributed by atoms with Crippen LogP contribution >= 0.6 is 0 Å². The monoisotopic (exact) mass is 437 g/mol. The molecule has 7 heteroatoms. The maximum atomic E-state index is 13.5. The zero-order chi connectivity index (χ0) is 23.0. The number of imidazole rings is 1. The lowest BCUT2D eigenvalue weighted by molar-refractivity contribution is 0.457. The number of unbranched alkanes of at least 4 members (excludes halogenated alkanes) is 4. The number of nitrogens with zero attached hydrogens (tertiary/aromatic N) is 5. The van der Waals surface area contributed by atoms with Gasteiger partial charge in [0.1, 0.15) is 0 Å². The van der Waals surface area contributed by atoms with E-state index in [0.29, 0.717) is 23.6 Å². The molecular weight excluding hydrogens is 402 g/mol. The SMILES string of the molecule is CCCCCCCn1c(=O)c2c(nc3n2C[C@H](C)CN3c2ccc(C)c(C)c2)n(C)c1=O. The topological polar surface area (TPSA) is 65.1 Å². The lowest BCUT2D eigenvalue weighted by atomic mass is 10.1. The van der Waals surface area contributed by atoms with E-state index in [1.807, 2.05) is 4.57 Å². The van der Waals surface area contributed by atoms with Gasteiger partial charge in [-0.05, 0) is 49.4 Å². The van der Waals surface area contributed by atoms with Gasteiger partial charge in [0.05, 0.1) is 0 Å². The van der Waals surface area contributed by atoms with Gasteiger partial charge in [-0.25, -0.2) is 4.79 Å². The molecular formula is C25H35N5O2. The molecule has 0 fully saturated rings. The summed E-state index contributed by atoms with van der Waals surface area (Å²) in [7, 11) is 1.72. The van der Waals surface area contributed by atoms with E-state index in [9.17, 15) is 9.59 Å². The van der Waals surface area contributed by atoms with Crippen LogP contribution in [0.4, 0.5) is 11.6 Å². The summed E-state index contributed by atoms with van der Waals surface area (Å²) in [6, 6.07) is 6.40. The Hall–Kier alpha value is -2.83. The molecule has 1 aliphatic rings. The van der Waals surface area contributed by atoms with Crippen LogP contribution in [0.1, 0.15) is 57.1 Å². The number of hydrogen-bond donors (Lipinski definition) is 0. The van der Waals surface area contributed by atoms with Crippen molar-refractivity contribution >= 4 is 22.8 Å². The van der Waals surface area contributed by atoms with E-state index in [4.69, 9.17) is 4.98 Å². The van der Waals surface area contributed by atoms with Gasteiger partial charge in [-0.1, -0.05) is 45.6 Å². The van der Waals surface area contributed by atoms with Gasteiger partial charge in [0.25, 0.3) is 5.56 Å². The van der Waals surface area contributed by atoms with Crippen LogP contribution in [0.5, 0.6) is 0 Å². The minimum Gasteiger partial charge on any atom is -0.312 e. The fraction of sp³-hybridized carbons (Fsp3) is 0.560. The molecule has 7 nitrogen and oxygen atoms in total. The van der Waals surface area contributed by atoms with E-state index in [-0.39, 0.29) is 11.2 Å². The van der Waals surface area contributed by atoms with Crippen molar-refractivity contribution < 1.29 is 0 Å². The van der Waals surface area contributed by atoms with Crippen LogP contribution in [0.15, 0.2) is 27.8 Å². The Labute approximate surface area is 189 Å². The van der Waals surface area contributed by atoms with Crippen LogP contribution in [-0.2, 0) is 20.1 Å². The average molecular weight is 438 g/mol. The van der Waals surface area contributed by atoms with E-state index >= 15 is 0 Å². The molecule has 172 valence electrons. The molecule has 1 aromatic carbocycles. The number of aryl methyl sites for hydroxylation is 3. The third kappa shape index (κ3) is 3.89. The first kappa shape index (κ1) is 22.4. The van der Waals surface area contributed by atoms with Crippen molar-refractivity contribution in [2.45, 2.75) is 72.9 Å².